The number of rotatable bonds is 5. The Balaban J connectivity index is 2.47. The molecule has 1 aliphatic rings. The molecule has 0 spiro atoms. The summed E-state index contributed by atoms with van der Waals surface area (Å²) in [6, 6.07) is 0. The van der Waals surface area contributed by atoms with Crippen LogP contribution in [0.4, 0.5) is 0 Å². The van der Waals surface area contributed by atoms with E-state index in [1.807, 2.05) is 0 Å². The molecule has 1 saturated carbocycles. The summed E-state index contributed by atoms with van der Waals surface area (Å²) in [5.74, 6) is -0.328. The molecule has 20 heavy (non-hydrogen) atoms. The third-order valence-corrected chi connectivity index (χ3v) is 5.55. The van der Waals surface area contributed by atoms with Gasteiger partial charge < -0.3 is 9.15 Å². The van der Waals surface area contributed by atoms with Crippen molar-refractivity contribution in [3.05, 3.63) is 17.3 Å². The van der Waals surface area contributed by atoms with E-state index in [4.69, 9.17) is 9.15 Å². The van der Waals surface area contributed by atoms with Crippen molar-refractivity contribution in [2.75, 3.05) is 12.9 Å². The zero-order valence-electron chi connectivity index (χ0n) is 12.1. The van der Waals surface area contributed by atoms with Crippen molar-refractivity contribution in [1.82, 2.24) is 4.98 Å². The Bertz CT molecular complexity index is 625. The van der Waals surface area contributed by atoms with Gasteiger partial charge in [-0.1, -0.05) is 0 Å². The Labute approximate surface area is 118 Å². The first-order valence-electron chi connectivity index (χ1n) is 6.56. The molecule has 0 amide bonds. The molecule has 1 fully saturated rings. The molecule has 0 aromatic carbocycles. The lowest BCUT2D eigenvalue weighted by molar-refractivity contribution is 0.0485. The smallest absolute Gasteiger partial charge is 0.376 e. The Kier molecular flexibility index (Phi) is 3.66. The molecule has 0 N–H and O–H groups in total. The van der Waals surface area contributed by atoms with Crippen LogP contribution in [0.1, 0.15) is 61.7 Å². The van der Waals surface area contributed by atoms with Crippen molar-refractivity contribution in [2.24, 2.45) is 0 Å². The fraction of sp³-hybridized carbons (Fsp3) is 0.692. The van der Waals surface area contributed by atoms with Crippen LogP contribution < -0.4 is 0 Å². The third-order valence-electron chi connectivity index (χ3n) is 3.52. The van der Waals surface area contributed by atoms with Crippen LogP contribution in [0.5, 0.6) is 0 Å². The predicted octanol–water partition coefficient (Wildman–Crippen LogP) is 2.01. The average Bonchev–Trinajstić information content (AvgIpc) is 3.06. The predicted molar refractivity (Wildman–Crippen MR) is 72.3 cm³/mol. The van der Waals surface area contributed by atoms with Gasteiger partial charge in [-0.25, -0.2) is 18.2 Å². The fourth-order valence-electron chi connectivity index (χ4n) is 1.72. The van der Waals surface area contributed by atoms with E-state index in [2.05, 4.69) is 4.98 Å². The van der Waals surface area contributed by atoms with Crippen molar-refractivity contribution in [2.45, 2.75) is 44.3 Å². The summed E-state index contributed by atoms with van der Waals surface area (Å²) >= 11 is 0. The molecule has 1 aromatic heterocycles. The first-order chi connectivity index (χ1) is 9.18. The Hall–Kier alpha value is -1.37. The van der Waals surface area contributed by atoms with Gasteiger partial charge in [0.1, 0.15) is 4.75 Å². The molecule has 2 rings (SSSR count). The molecule has 0 radical (unpaired) electrons. The molecule has 6 nitrogen and oxygen atoms in total. The van der Waals surface area contributed by atoms with Gasteiger partial charge in [-0.05, 0) is 33.6 Å². The van der Waals surface area contributed by atoms with Crippen LogP contribution in [0.15, 0.2) is 4.42 Å². The molecule has 0 saturated heterocycles. The monoisotopic (exact) mass is 301 g/mol. The molecule has 112 valence electrons. The fourth-order valence-corrected chi connectivity index (χ4v) is 2.13. The summed E-state index contributed by atoms with van der Waals surface area (Å²) in [6.07, 6.45) is 2.98. The van der Waals surface area contributed by atoms with Gasteiger partial charge in [0.05, 0.1) is 12.3 Å². The second kappa shape index (κ2) is 4.87. The van der Waals surface area contributed by atoms with Crippen molar-refractivity contribution in [3.63, 3.8) is 0 Å². The first kappa shape index (κ1) is 15.0. The van der Waals surface area contributed by atoms with E-state index in [-0.39, 0.29) is 24.2 Å². The minimum absolute atomic E-state index is 0.0427. The quantitative estimate of drug-likeness (QED) is 0.773. The van der Waals surface area contributed by atoms with Crippen molar-refractivity contribution in [1.29, 1.82) is 0 Å². The van der Waals surface area contributed by atoms with Crippen molar-refractivity contribution >= 4 is 15.8 Å². The maximum Gasteiger partial charge on any atom is 0.376 e. The zero-order valence-corrected chi connectivity index (χ0v) is 12.9. The van der Waals surface area contributed by atoms with Gasteiger partial charge in [0, 0.05) is 12.2 Å². The molecule has 7 heteroatoms. The SMILES string of the molecule is CCOC(=O)c1oc(C(C)(C)S(C)(=O)=O)nc1C1CC1. The molecule has 1 heterocycles. The molecule has 0 unspecified atom stereocenters. The molecule has 1 aliphatic carbocycles. The van der Waals surface area contributed by atoms with Gasteiger partial charge in [0.15, 0.2) is 9.84 Å². The van der Waals surface area contributed by atoms with E-state index < -0.39 is 20.6 Å². The molecular weight excluding hydrogens is 282 g/mol. The molecular formula is C13H19NO5S. The van der Waals surface area contributed by atoms with E-state index in [1.54, 1.807) is 6.92 Å². The highest BCUT2D eigenvalue weighted by Crippen LogP contribution is 2.43. The second-order valence-electron chi connectivity index (χ2n) is 5.51. The van der Waals surface area contributed by atoms with Crippen LogP contribution >= 0.6 is 0 Å². The summed E-state index contributed by atoms with van der Waals surface area (Å²) in [6.45, 7) is 4.96. The summed E-state index contributed by atoms with van der Waals surface area (Å²) < 4.78 is 32.8. The van der Waals surface area contributed by atoms with Crippen LogP contribution in [0.25, 0.3) is 0 Å². The Morgan fingerprint density at radius 1 is 1.45 bits per heavy atom. The molecule has 0 aliphatic heterocycles. The van der Waals surface area contributed by atoms with Crippen LogP contribution in [0, 0.1) is 0 Å². The van der Waals surface area contributed by atoms with Crippen LogP contribution in [-0.4, -0.2) is 32.2 Å². The topological polar surface area (TPSA) is 86.5 Å². The van der Waals surface area contributed by atoms with E-state index in [0.29, 0.717) is 5.69 Å². The van der Waals surface area contributed by atoms with Gasteiger partial charge in [-0.2, -0.15) is 0 Å². The lowest BCUT2D eigenvalue weighted by atomic mass is 10.2. The minimum Gasteiger partial charge on any atom is -0.460 e. The largest absolute Gasteiger partial charge is 0.460 e. The highest BCUT2D eigenvalue weighted by molar-refractivity contribution is 7.91. The second-order valence-corrected chi connectivity index (χ2v) is 8.08. The highest BCUT2D eigenvalue weighted by Gasteiger charge is 2.42. The Morgan fingerprint density at radius 3 is 2.50 bits per heavy atom. The average molecular weight is 301 g/mol. The van der Waals surface area contributed by atoms with Crippen molar-refractivity contribution in [3.8, 4) is 0 Å². The van der Waals surface area contributed by atoms with Crippen LogP contribution in [-0.2, 0) is 19.3 Å². The summed E-state index contributed by atoms with van der Waals surface area (Å²) in [4.78, 5) is 16.1. The lowest BCUT2D eigenvalue weighted by Crippen LogP contribution is -2.28. The van der Waals surface area contributed by atoms with Gasteiger partial charge in [-0.3, -0.25) is 0 Å². The Morgan fingerprint density at radius 2 is 2.05 bits per heavy atom. The van der Waals surface area contributed by atoms with Gasteiger partial charge in [-0.15, -0.1) is 0 Å². The summed E-state index contributed by atoms with van der Waals surface area (Å²) in [5, 5.41) is 0. The normalized spacial score (nSPS) is 16.2. The maximum atomic E-state index is 11.9. The number of carbonyl (C=O) groups is 1. The number of hydrogen-bond acceptors (Lipinski definition) is 6. The van der Waals surface area contributed by atoms with Gasteiger partial charge in [0.2, 0.25) is 11.7 Å². The van der Waals surface area contributed by atoms with Gasteiger partial charge in [0.25, 0.3) is 0 Å². The van der Waals surface area contributed by atoms with E-state index in [1.165, 1.54) is 13.8 Å². The van der Waals surface area contributed by atoms with E-state index in [0.717, 1.165) is 19.1 Å². The number of hydrogen-bond donors (Lipinski definition) is 0. The third kappa shape index (κ3) is 2.59. The number of oxazole rings is 1. The molecule has 0 bridgehead atoms. The summed E-state index contributed by atoms with van der Waals surface area (Å²) in [5.41, 5.74) is 0.523. The van der Waals surface area contributed by atoms with E-state index in [9.17, 15) is 13.2 Å². The number of aromatic nitrogens is 1. The first-order valence-corrected chi connectivity index (χ1v) is 8.45. The number of nitrogens with zero attached hydrogens (tertiary/aromatic N) is 1. The lowest BCUT2D eigenvalue weighted by Gasteiger charge is -2.17. The van der Waals surface area contributed by atoms with Crippen LogP contribution in [0.2, 0.25) is 0 Å². The zero-order chi connectivity index (χ0) is 15.1. The van der Waals surface area contributed by atoms with E-state index >= 15 is 0 Å². The minimum atomic E-state index is -3.41. The maximum absolute atomic E-state index is 11.9. The number of ether oxygens (including phenoxy) is 1. The number of esters is 1. The number of carbonyl (C=O) groups excluding carboxylic acids is 1. The highest BCUT2D eigenvalue weighted by atomic mass is 32.2. The number of sulfone groups is 1. The van der Waals surface area contributed by atoms with Gasteiger partial charge >= 0.3 is 5.97 Å². The van der Waals surface area contributed by atoms with Crippen molar-refractivity contribution < 1.29 is 22.4 Å². The molecule has 1 aromatic rings. The van der Waals surface area contributed by atoms with Crippen LogP contribution in [0.3, 0.4) is 0 Å². The molecule has 0 atom stereocenters. The summed E-state index contributed by atoms with van der Waals surface area (Å²) in [7, 11) is -3.41. The standard InChI is InChI=1S/C13H19NO5S/c1-5-18-11(15)10-9(8-6-7-8)14-12(19-10)13(2,3)20(4,16)17/h8H,5-7H2,1-4H3.